The van der Waals surface area contributed by atoms with Gasteiger partial charge in [-0.1, -0.05) is 42.8 Å². The van der Waals surface area contributed by atoms with Crippen LogP contribution in [0.15, 0.2) is 48.5 Å². The molecule has 0 heterocycles. The highest BCUT2D eigenvalue weighted by molar-refractivity contribution is 6.30. The summed E-state index contributed by atoms with van der Waals surface area (Å²) < 4.78 is 5.62. The minimum Gasteiger partial charge on any atom is -0.494 e. The van der Waals surface area contributed by atoms with Crippen molar-refractivity contribution in [3.8, 4) is 5.75 Å². The molecule has 2 aromatic carbocycles. The zero-order valence-electron chi connectivity index (χ0n) is 10.8. The number of hydrogen-bond donors (Lipinski definition) is 0. The molecular formula is C16H16Cl2O. The molecule has 0 radical (unpaired) electrons. The monoisotopic (exact) mass is 294 g/mol. The van der Waals surface area contributed by atoms with Gasteiger partial charge in [0.05, 0.1) is 12.0 Å². The van der Waals surface area contributed by atoms with Crippen molar-refractivity contribution in [3.63, 3.8) is 0 Å². The highest BCUT2D eigenvalue weighted by atomic mass is 35.5. The lowest BCUT2D eigenvalue weighted by molar-refractivity contribution is 0.317. The molecule has 1 unspecified atom stereocenters. The van der Waals surface area contributed by atoms with Crippen LogP contribution in [0.3, 0.4) is 0 Å². The van der Waals surface area contributed by atoms with E-state index in [4.69, 9.17) is 27.9 Å². The summed E-state index contributed by atoms with van der Waals surface area (Å²) in [6.45, 7) is 2.80. The molecule has 0 saturated heterocycles. The van der Waals surface area contributed by atoms with Gasteiger partial charge < -0.3 is 4.74 Å². The first-order chi connectivity index (χ1) is 9.20. The van der Waals surface area contributed by atoms with Crippen molar-refractivity contribution in [2.24, 2.45) is 0 Å². The van der Waals surface area contributed by atoms with Crippen molar-refractivity contribution in [2.45, 2.75) is 18.7 Å². The first kappa shape index (κ1) is 14.2. The Kier molecular flexibility index (Phi) is 5.12. The third-order valence-corrected chi connectivity index (χ3v) is 3.54. The molecule has 0 bridgehead atoms. The Morgan fingerprint density at radius 1 is 1.05 bits per heavy atom. The minimum atomic E-state index is -0.192. The predicted molar refractivity (Wildman–Crippen MR) is 81.4 cm³/mol. The van der Waals surface area contributed by atoms with E-state index in [2.05, 4.69) is 6.92 Å². The van der Waals surface area contributed by atoms with Gasteiger partial charge in [-0.15, -0.1) is 11.6 Å². The summed E-state index contributed by atoms with van der Waals surface area (Å²) in [5.74, 6) is 0.860. The van der Waals surface area contributed by atoms with Crippen LogP contribution in [-0.4, -0.2) is 6.61 Å². The van der Waals surface area contributed by atoms with Crippen molar-refractivity contribution >= 4 is 23.2 Å². The van der Waals surface area contributed by atoms with Gasteiger partial charge in [-0.05, 0) is 41.8 Å². The molecule has 2 aromatic rings. The predicted octanol–water partition coefficient (Wildman–Crippen LogP) is 5.46. The van der Waals surface area contributed by atoms with Gasteiger partial charge in [0.2, 0.25) is 0 Å². The Morgan fingerprint density at radius 2 is 1.79 bits per heavy atom. The van der Waals surface area contributed by atoms with E-state index in [1.165, 1.54) is 0 Å². The van der Waals surface area contributed by atoms with Crippen molar-refractivity contribution in [2.75, 3.05) is 6.61 Å². The molecule has 3 heteroatoms. The summed E-state index contributed by atoms with van der Waals surface area (Å²) in [5, 5.41) is 0.523. The smallest absolute Gasteiger partial charge is 0.119 e. The molecule has 0 fully saturated rings. The molecular weight excluding hydrogens is 279 g/mol. The molecule has 1 atom stereocenters. The van der Waals surface area contributed by atoms with Crippen LogP contribution >= 0.6 is 23.2 Å². The summed E-state index contributed by atoms with van der Waals surface area (Å²) in [5.41, 5.74) is 2.05. The van der Waals surface area contributed by atoms with Crippen LogP contribution in [-0.2, 0) is 0 Å². The average molecular weight is 295 g/mol. The van der Waals surface area contributed by atoms with E-state index in [-0.39, 0.29) is 5.38 Å². The normalized spacial score (nSPS) is 12.2. The lowest BCUT2D eigenvalue weighted by Crippen LogP contribution is -1.97. The Labute approximate surface area is 124 Å². The van der Waals surface area contributed by atoms with Crippen LogP contribution < -0.4 is 4.74 Å². The van der Waals surface area contributed by atoms with Gasteiger partial charge in [0.25, 0.3) is 0 Å². The number of hydrogen-bond acceptors (Lipinski definition) is 1. The lowest BCUT2D eigenvalue weighted by atomic mass is 10.0. The first-order valence-electron chi connectivity index (χ1n) is 6.33. The molecule has 0 spiro atoms. The fourth-order valence-electron chi connectivity index (χ4n) is 1.81. The van der Waals surface area contributed by atoms with Gasteiger partial charge in [-0.25, -0.2) is 0 Å². The summed E-state index contributed by atoms with van der Waals surface area (Å²) >= 11 is 12.4. The SMILES string of the molecule is CCCOc1cccc(C(Cl)c2ccc(Cl)cc2)c1. The third-order valence-electron chi connectivity index (χ3n) is 2.79. The van der Waals surface area contributed by atoms with E-state index < -0.39 is 0 Å². The van der Waals surface area contributed by atoms with E-state index >= 15 is 0 Å². The van der Waals surface area contributed by atoms with E-state index in [9.17, 15) is 0 Å². The van der Waals surface area contributed by atoms with Crippen LogP contribution in [0.2, 0.25) is 5.02 Å². The first-order valence-corrected chi connectivity index (χ1v) is 7.14. The van der Waals surface area contributed by atoms with Crippen LogP contribution in [0, 0.1) is 0 Å². The summed E-state index contributed by atoms with van der Waals surface area (Å²) in [4.78, 5) is 0. The third kappa shape index (κ3) is 3.89. The Morgan fingerprint density at radius 3 is 2.47 bits per heavy atom. The maximum atomic E-state index is 6.49. The second-order valence-corrected chi connectivity index (χ2v) is 5.21. The van der Waals surface area contributed by atoms with E-state index in [1.54, 1.807) is 0 Å². The second-order valence-electron chi connectivity index (χ2n) is 4.34. The molecule has 2 rings (SSSR count). The molecule has 100 valence electrons. The molecule has 0 N–H and O–H groups in total. The van der Waals surface area contributed by atoms with E-state index in [0.717, 1.165) is 29.9 Å². The zero-order valence-corrected chi connectivity index (χ0v) is 12.3. The zero-order chi connectivity index (χ0) is 13.7. The molecule has 0 aliphatic carbocycles. The standard InChI is InChI=1S/C16H16Cl2O/c1-2-10-19-15-5-3-4-13(11-15)16(18)12-6-8-14(17)9-7-12/h3-9,11,16H,2,10H2,1H3. The topological polar surface area (TPSA) is 9.23 Å². The maximum Gasteiger partial charge on any atom is 0.119 e. The highest BCUT2D eigenvalue weighted by Crippen LogP contribution is 2.31. The van der Waals surface area contributed by atoms with Gasteiger partial charge in [-0.2, -0.15) is 0 Å². The molecule has 19 heavy (non-hydrogen) atoms. The molecule has 0 aliphatic rings. The number of benzene rings is 2. The van der Waals surface area contributed by atoms with Crippen molar-refractivity contribution < 1.29 is 4.74 Å². The minimum absolute atomic E-state index is 0.192. The number of alkyl halides is 1. The summed E-state index contributed by atoms with van der Waals surface area (Å²) in [6, 6.07) is 15.5. The fourth-order valence-corrected chi connectivity index (χ4v) is 2.21. The van der Waals surface area contributed by atoms with Crippen LogP contribution in [0.5, 0.6) is 5.75 Å². The molecule has 0 aliphatic heterocycles. The van der Waals surface area contributed by atoms with Gasteiger partial charge in [-0.3, -0.25) is 0 Å². The molecule has 0 aromatic heterocycles. The van der Waals surface area contributed by atoms with Gasteiger partial charge in [0.15, 0.2) is 0 Å². The van der Waals surface area contributed by atoms with E-state index in [0.29, 0.717) is 5.02 Å². The van der Waals surface area contributed by atoms with Gasteiger partial charge >= 0.3 is 0 Å². The molecule has 0 amide bonds. The Bertz CT molecular complexity index is 523. The van der Waals surface area contributed by atoms with Crippen LogP contribution in [0.4, 0.5) is 0 Å². The van der Waals surface area contributed by atoms with Gasteiger partial charge in [0.1, 0.15) is 5.75 Å². The lowest BCUT2D eigenvalue weighted by Gasteiger charge is -2.12. The van der Waals surface area contributed by atoms with Gasteiger partial charge in [0, 0.05) is 5.02 Å². The quantitative estimate of drug-likeness (QED) is 0.666. The summed E-state index contributed by atoms with van der Waals surface area (Å²) in [7, 11) is 0. The van der Waals surface area contributed by atoms with E-state index in [1.807, 2.05) is 48.5 Å². The largest absolute Gasteiger partial charge is 0.494 e. The second kappa shape index (κ2) is 6.83. The van der Waals surface area contributed by atoms with Crippen molar-refractivity contribution in [3.05, 3.63) is 64.7 Å². The summed E-state index contributed by atoms with van der Waals surface area (Å²) in [6.07, 6.45) is 0.992. The number of rotatable bonds is 5. The number of halogens is 2. The highest BCUT2D eigenvalue weighted by Gasteiger charge is 2.11. The van der Waals surface area contributed by atoms with Crippen LogP contribution in [0.25, 0.3) is 0 Å². The Balaban J connectivity index is 2.18. The van der Waals surface area contributed by atoms with Crippen molar-refractivity contribution in [1.29, 1.82) is 0 Å². The van der Waals surface area contributed by atoms with Crippen LogP contribution in [0.1, 0.15) is 29.8 Å². The molecule has 1 nitrogen and oxygen atoms in total. The Hall–Kier alpha value is -1.18. The fraction of sp³-hybridized carbons (Fsp3) is 0.250. The molecule has 0 saturated carbocycles. The number of ether oxygens (including phenoxy) is 1. The average Bonchev–Trinajstić information content (AvgIpc) is 2.45. The van der Waals surface area contributed by atoms with Crippen molar-refractivity contribution in [1.82, 2.24) is 0 Å². The maximum absolute atomic E-state index is 6.49.